The second-order valence-electron chi connectivity index (χ2n) is 3.92. The van der Waals surface area contributed by atoms with Crippen molar-refractivity contribution >= 4 is 43.2 Å². The maximum atomic E-state index is 4.21. The van der Waals surface area contributed by atoms with Crippen molar-refractivity contribution < 1.29 is 0 Å². The van der Waals surface area contributed by atoms with E-state index in [9.17, 15) is 0 Å². The molecule has 7 heteroatoms. The molecule has 3 nitrogen and oxygen atoms in total. The summed E-state index contributed by atoms with van der Waals surface area (Å²) in [5.41, 5.74) is 0. The SMILES string of the molecule is CSSc1ccccn1.c1ccc(SSc2ccccn2)nc1. The van der Waals surface area contributed by atoms with Gasteiger partial charge in [-0.05, 0) is 75.0 Å². The van der Waals surface area contributed by atoms with Crippen LogP contribution in [-0.4, -0.2) is 21.2 Å². The summed E-state index contributed by atoms with van der Waals surface area (Å²) in [6.45, 7) is 0. The summed E-state index contributed by atoms with van der Waals surface area (Å²) in [5, 5.41) is 3.08. The third-order valence-corrected chi connectivity index (χ3v) is 6.07. The van der Waals surface area contributed by atoms with Gasteiger partial charge in [-0.1, -0.05) is 29.0 Å². The van der Waals surface area contributed by atoms with E-state index in [-0.39, 0.29) is 0 Å². The molecule has 0 aliphatic rings. The fraction of sp³-hybridized carbons (Fsp3) is 0.0625. The maximum Gasteiger partial charge on any atom is 0.107 e. The van der Waals surface area contributed by atoms with Gasteiger partial charge in [-0.2, -0.15) is 0 Å². The van der Waals surface area contributed by atoms with Crippen LogP contribution in [0.15, 0.2) is 88.3 Å². The van der Waals surface area contributed by atoms with Gasteiger partial charge in [0.1, 0.15) is 15.1 Å². The van der Waals surface area contributed by atoms with Crippen LogP contribution in [0.3, 0.4) is 0 Å². The number of pyridine rings is 3. The van der Waals surface area contributed by atoms with Crippen LogP contribution in [0.1, 0.15) is 0 Å². The molecule has 3 rings (SSSR count). The molecule has 0 aliphatic heterocycles. The first-order valence-corrected chi connectivity index (χ1v) is 11.4. The maximum absolute atomic E-state index is 4.21. The zero-order chi connectivity index (χ0) is 16.2. The van der Waals surface area contributed by atoms with Crippen LogP contribution in [-0.2, 0) is 0 Å². The van der Waals surface area contributed by atoms with E-state index in [2.05, 4.69) is 15.0 Å². The van der Waals surface area contributed by atoms with Crippen molar-refractivity contribution in [3.8, 4) is 0 Å². The Balaban J connectivity index is 0.000000185. The Labute approximate surface area is 152 Å². The van der Waals surface area contributed by atoms with Crippen molar-refractivity contribution in [3.05, 3.63) is 73.2 Å². The predicted octanol–water partition coefficient (Wildman–Crippen LogP) is 5.73. The van der Waals surface area contributed by atoms with Crippen LogP contribution in [0.4, 0.5) is 0 Å². The lowest BCUT2D eigenvalue weighted by atomic mass is 10.5. The van der Waals surface area contributed by atoms with Gasteiger partial charge in [-0.15, -0.1) is 0 Å². The fourth-order valence-corrected chi connectivity index (χ4v) is 4.33. The first-order chi connectivity index (χ1) is 11.4. The van der Waals surface area contributed by atoms with E-state index in [0.29, 0.717) is 0 Å². The van der Waals surface area contributed by atoms with Crippen molar-refractivity contribution in [2.45, 2.75) is 15.1 Å². The van der Waals surface area contributed by atoms with Crippen LogP contribution >= 0.6 is 43.2 Å². The zero-order valence-electron chi connectivity index (χ0n) is 12.4. The third kappa shape index (κ3) is 7.78. The monoisotopic (exact) mass is 377 g/mol. The Morgan fingerprint density at radius 1 is 0.565 bits per heavy atom. The highest BCUT2D eigenvalue weighted by atomic mass is 33.1. The van der Waals surface area contributed by atoms with Gasteiger partial charge >= 0.3 is 0 Å². The Morgan fingerprint density at radius 2 is 0.957 bits per heavy atom. The van der Waals surface area contributed by atoms with E-state index >= 15 is 0 Å². The topological polar surface area (TPSA) is 38.7 Å². The van der Waals surface area contributed by atoms with Crippen molar-refractivity contribution in [2.24, 2.45) is 0 Å². The minimum Gasteiger partial charge on any atom is -0.249 e. The summed E-state index contributed by atoms with van der Waals surface area (Å²) in [7, 11) is 6.62. The Hall–Kier alpha value is -1.15. The minimum absolute atomic E-state index is 1.00. The summed E-state index contributed by atoms with van der Waals surface area (Å²) in [5.74, 6) is 0. The molecule has 0 N–H and O–H groups in total. The first-order valence-electron chi connectivity index (χ1n) is 6.67. The molecule has 0 bridgehead atoms. The molecule has 3 heterocycles. The van der Waals surface area contributed by atoms with Gasteiger partial charge in [0.25, 0.3) is 0 Å². The van der Waals surface area contributed by atoms with E-state index in [4.69, 9.17) is 0 Å². The Bertz CT molecular complexity index is 614. The summed E-state index contributed by atoms with van der Waals surface area (Å²) in [6, 6.07) is 17.7. The standard InChI is InChI=1S/C10H8N2S2.C6H7NS2/c1-3-7-11-9(5-1)13-14-10-6-2-4-8-12-10;1-8-9-6-4-2-3-5-7-6/h1-8H;2-5H,1H3. The number of rotatable bonds is 5. The van der Waals surface area contributed by atoms with Crippen molar-refractivity contribution in [1.82, 2.24) is 15.0 Å². The molecule has 0 atom stereocenters. The van der Waals surface area contributed by atoms with Gasteiger partial charge in [0.2, 0.25) is 0 Å². The molecule has 0 aromatic carbocycles. The van der Waals surface area contributed by atoms with Gasteiger partial charge in [0.05, 0.1) is 0 Å². The van der Waals surface area contributed by atoms with Crippen LogP contribution in [0, 0.1) is 0 Å². The molecule has 0 radical (unpaired) electrons. The number of hydrogen-bond donors (Lipinski definition) is 0. The van der Waals surface area contributed by atoms with E-state index in [0.717, 1.165) is 15.1 Å². The van der Waals surface area contributed by atoms with Crippen LogP contribution in [0.2, 0.25) is 0 Å². The van der Waals surface area contributed by atoms with Crippen molar-refractivity contribution in [3.63, 3.8) is 0 Å². The minimum atomic E-state index is 1.00. The van der Waals surface area contributed by atoms with Gasteiger partial charge in [0, 0.05) is 18.6 Å². The third-order valence-electron chi connectivity index (χ3n) is 2.29. The van der Waals surface area contributed by atoms with Gasteiger partial charge in [-0.3, -0.25) is 0 Å². The predicted molar refractivity (Wildman–Crippen MR) is 104 cm³/mol. The van der Waals surface area contributed by atoms with Crippen molar-refractivity contribution in [2.75, 3.05) is 6.26 Å². The number of aromatic nitrogens is 3. The van der Waals surface area contributed by atoms with E-state index in [1.54, 1.807) is 61.8 Å². The Morgan fingerprint density at radius 3 is 1.26 bits per heavy atom. The molecule has 0 saturated carbocycles. The molecule has 0 amide bonds. The molecule has 0 saturated heterocycles. The average molecular weight is 378 g/mol. The highest BCUT2D eigenvalue weighted by Crippen LogP contribution is 2.34. The largest absolute Gasteiger partial charge is 0.249 e. The van der Waals surface area contributed by atoms with E-state index < -0.39 is 0 Å². The summed E-state index contributed by atoms with van der Waals surface area (Å²) < 4.78 is 0. The van der Waals surface area contributed by atoms with Gasteiger partial charge < -0.3 is 0 Å². The molecular formula is C16H15N3S4. The highest BCUT2D eigenvalue weighted by Gasteiger charge is 1.97. The van der Waals surface area contributed by atoms with Crippen LogP contribution < -0.4 is 0 Å². The molecule has 0 aliphatic carbocycles. The molecule has 0 unspecified atom stereocenters. The molecule has 0 spiro atoms. The first kappa shape index (κ1) is 18.2. The number of nitrogens with zero attached hydrogens (tertiary/aromatic N) is 3. The summed E-state index contributed by atoms with van der Waals surface area (Å²) in [6.07, 6.45) is 7.43. The summed E-state index contributed by atoms with van der Waals surface area (Å²) >= 11 is 0. The van der Waals surface area contributed by atoms with E-state index in [1.807, 2.05) is 60.9 Å². The molecule has 118 valence electrons. The normalized spacial score (nSPS) is 9.78. The second-order valence-corrected chi connectivity index (χ2v) is 8.51. The van der Waals surface area contributed by atoms with Crippen LogP contribution in [0.25, 0.3) is 0 Å². The molecule has 0 fully saturated rings. The second kappa shape index (κ2) is 11.4. The van der Waals surface area contributed by atoms with Crippen LogP contribution in [0.5, 0.6) is 0 Å². The molecular weight excluding hydrogens is 362 g/mol. The van der Waals surface area contributed by atoms with Crippen molar-refractivity contribution in [1.29, 1.82) is 0 Å². The van der Waals surface area contributed by atoms with E-state index in [1.165, 1.54) is 0 Å². The lowest BCUT2D eigenvalue weighted by Crippen LogP contribution is -1.75. The summed E-state index contributed by atoms with van der Waals surface area (Å²) in [4.78, 5) is 12.5. The molecule has 23 heavy (non-hydrogen) atoms. The lowest BCUT2D eigenvalue weighted by molar-refractivity contribution is 1.13. The lowest BCUT2D eigenvalue weighted by Gasteiger charge is -1.97. The Kier molecular flexibility index (Phi) is 9.01. The quantitative estimate of drug-likeness (QED) is 0.526. The highest BCUT2D eigenvalue weighted by molar-refractivity contribution is 8.76. The molecule has 3 aromatic rings. The average Bonchev–Trinajstić information content (AvgIpc) is 2.64. The number of hydrogen-bond acceptors (Lipinski definition) is 7. The smallest absolute Gasteiger partial charge is 0.107 e. The fourth-order valence-electron chi connectivity index (χ4n) is 1.36. The molecule has 3 aromatic heterocycles. The zero-order valence-corrected chi connectivity index (χ0v) is 15.7. The van der Waals surface area contributed by atoms with Gasteiger partial charge in [-0.25, -0.2) is 15.0 Å². The van der Waals surface area contributed by atoms with Gasteiger partial charge in [0.15, 0.2) is 0 Å².